The van der Waals surface area contributed by atoms with Crippen molar-refractivity contribution in [2.24, 2.45) is 0 Å². The molecule has 124 valence electrons. The molecule has 2 heterocycles. The quantitative estimate of drug-likeness (QED) is 0.484. The summed E-state index contributed by atoms with van der Waals surface area (Å²) in [6, 6.07) is 19.1. The summed E-state index contributed by atoms with van der Waals surface area (Å²) in [6.07, 6.45) is 1.86. The van der Waals surface area contributed by atoms with Gasteiger partial charge in [0.2, 0.25) is 0 Å². The maximum atomic E-state index is 13.6. The van der Waals surface area contributed by atoms with Crippen LogP contribution in [0.1, 0.15) is 16.8 Å². The smallest absolute Gasteiger partial charge is 0.123 e. The fourth-order valence-corrected chi connectivity index (χ4v) is 3.42. The monoisotopic (exact) mass is 330 g/mol. The van der Waals surface area contributed by atoms with Gasteiger partial charge >= 0.3 is 0 Å². The number of hydrogen-bond donors (Lipinski definition) is 0. The molecule has 0 spiro atoms. The van der Waals surface area contributed by atoms with E-state index in [1.807, 2.05) is 30.5 Å². The molecule has 0 amide bonds. The Bertz CT molecular complexity index is 1050. The van der Waals surface area contributed by atoms with Crippen molar-refractivity contribution in [3.05, 3.63) is 89.5 Å². The van der Waals surface area contributed by atoms with Crippen LogP contribution in [0.4, 0.5) is 4.39 Å². The molecule has 0 radical (unpaired) electrons. The van der Waals surface area contributed by atoms with E-state index >= 15 is 0 Å². The van der Waals surface area contributed by atoms with E-state index in [0.29, 0.717) is 6.54 Å². The number of halogens is 1. The first-order chi connectivity index (χ1) is 12.1. The maximum absolute atomic E-state index is 13.6. The van der Waals surface area contributed by atoms with Gasteiger partial charge in [0.1, 0.15) is 5.82 Å². The van der Waals surface area contributed by atoms with Crippen molar-refractivity contribution < 1.29 is 4.39 Å². The SMILES string of the molecule is Cc1c(C)n(Cc2cccc(F)c2)c2c(-c3ccccc3)nccc12. The zero-order chi connectivity index (χ0) is 17.4. The van der Waals surface area contributed by atoms with E-state index in [1.54, 1.807) is 12.1 Å². The minimum absolute atomic E-state index is 0.204. The van der Waals surface area contributed by atoms with Gasteiger partial charge in [-0.1, -0.05) is 42.5 Å². The average molecular weight is 330 g/mol. The van der Waals surface area contributed by atoms with Gasteiger partial charge in [0.05, 0.1) is 11.2 Å². The Kier molecular flexibility index (Phi) is 3.85. The summed E-state index contributed by atoms with van der Waals surface area (Å²) >= 11 is 0. The van der Waals surface area contributed by atoms with Crippen LogP contribution in [0.3, 0.4) is 0 Å². The van der Waals surface area contributed by atoms with Crippen LogP contribution in [0.15, 0.2) is 66.9 Å². The summed E-state index contributed by atoms with van der Waals surface area (Å²) in [7, 11) is 0. The van der Waals surface area contributed by atoms with Gasteiger partial charge in [0.15, 0.2) is 0 Å². The molecule has 4 rings (SSSR count). The Morgan fingerprint density at radius 1 is 0.960 bits per heavy atom. The fourth-order valence-electron chi connectivity index (χ4n) is 3.42. The van der Waals surface area contributed by atoms with Crippen LogP contribution in [0.2, 0.25) is 0 Å². The molecule has 0 aliphatic carbocycles. The lowest BCUT2D eigenvalue weighted by molar-refractivity contribution is 0.623. The molecule has 0 bridgehead atoms. The van der Waals surface area contributed by atoms with Crippen molar-refractivity contribution in [1.29, 1.82) is 0 Å². The van der Waals surface area contributed by atoms with Crippen molar-refractivity contribution in [1.82, 2.24) is 9.55 Å². The summed E-state index contributed by atoms with van der Waals surface area (Å²) in [5.74, 6) is -0.204. The molecular weight excluding hydrogens is 311 g/mol. The summed E-state index contributed by atoms with van der Waals surface area (Å²) in [5, 5.41) is 1.20. The number of pyridine rings is 1. The van der Waals surface area contributed by atoms with Gasteiger partial charge in [0.25, 0.3) is 0 Å². The highest BCUT2D eigenvalue weighted by Crippen LogP contribution is 2.32. The van der Waals surface area contributed by atoms with Crippen molar-refractivity contribution in [2.45, 2.75) is 20.4 Å². The summed E-state index contributed by atoms with van der Waals surface area (Å²) in [4.78, 5) is 4.66. The Morgan fingerprint density at radius 2 is 1.76 bits per heavy atom. The number of aromatic nitrogens is 2. The summed E-state index contributed by atoms with van der Waals surface area (Å²) < 4.78 is 15.9. The highest BCUT2D eigenvalue weighted by atomic mass is 19.1. The fraction of sp³-hybridized carbons (Fsp3) is 0.136. The molecule has 25 heavy (non-hydrogen) atoms. The lowest BCUT2D eigenvalue weighted by Crippen LogP contribution is -2.03. The molecule has 0 aliphatic rings. The number of nitrogens with zero attached hydrogens (tertiary/aromatic N) is 2. The Balaban J connectivity index is 1.96. The van der Waals surface area contributed by atoms with Crippen molar-refractivity contribution in [2.75, 3.05) is 0 Å². The van der Waals surface area contributed by atoms with E-state index in [2.05, 4.69) is 41.6 Å². The van der Waals surface area contributed by atoms with Crippen LogP contribution < -0.4 is 0 Å². The summed E-state index contributed by atoms with van der Waals surface area (Å²) in [5.41, 5.74) is 6.53. The van der Waals surface area contributed by atoms with Gasteiger partial charge in [-0.3, -0.25) is 4.98 Å². The predicted molar refractivity (Wildman–Crippen MR) is 100 cm³/mol. The molecule has 0 unspecified atom stereocenters. The second kappa shape index (κ2) is 6.17. The molecule has 0 saturated carbocycles. The first kappa shape index (κ1) is 15.6. The van der Waals surface area contributed by atoms with Crippen LogP contribution in [-0.4, -0.2) is 9.55 Å². The molecule has 0 saturated heterocycles. The number of aryl methyl sites for hydroxylation is 1. The molecule has 0 fully saturated rings. The highest BCUT2D eigenvalue weighted by Gasteiger charge is 2.16. The molecule has 2 nitrogen and oxygen atoms in total. The molecule has 0 aliphatic heterocycles. The minimum atomic E-state index is -0.204. The largest absolute Gasteiger partial charge is 0.338 e. The van der Waals surface area contributed by atoms with Crippen molar-refractivity contribution >= 4 is 10.9 Å². The van der Waals surface area contributed by atoms with E-state index < -0.39 is 0 Å². The third-order valence-electron chi connectivity index (χ3n) is 4.82. The average Bonchev–Trinajstić information content (AvgIpc) is 2.88. The summed E-state index contributed by atoms with van der Waals surface area (Å²) in [6.45, 7) is 4.87. The van der Waals surface area contributed by atoms with Gasteiger partial charge in [-0.2, -0.15) is 0 Å². The topological polar surface area (TPSA) is 17.8 Å². The van der Waals surface area contributed by atoms with Gasteiger partial charge in [-0.05, 0) is 43.2 Å². The van der Waals surface area contributed by atoms with E-state index in [-0.39, 0.29) is 5.82 Å². The van der Waals surface area contributed by atoms with Gasteiger partial charge < -0.3 is 4.57 Å². The minimum Gasteiger partial charge on any atom is -0.338 e. The molecular formula is C22H19FN2. The van der Waals surface area contributed by atoms with Crippen molar-refractivity contribution in [3.8, 4) is 11.3 Å². The van der Waals surface area contributed by atoms with E-state index in [0.717, 1.165) is 22.3 Å². The van der Waals surface area contributed by atoms with Crippen LogP contribution in [0, 0.1) is 19.7 Å². The van der Waals surface area contributed by atoms with Gasteiger partial charge in [-0.15, -0.1) is 0 Å². The van der Waals surface area contributed by atoms with E-state index in [4.69, 9.17) is 0 Å². The Morgan fingerprint density at radius 3 is 2.52 bits per heavy atom. The Hall–Kier alpha value is -2.94. The number of hydrogen-bond acceptors (Lipinski definition) is 1. The predicted octanol–water partition coefficient (Wildman–Crippen LogP) is 5.51. The molecule has 3 heteroatoms. The van der Waals surface area contributed by atoms with Crippen LogP contribution >= 0.6 is 0 Å². The number of rotatable bonds is 3. The zero-order valence-electron chi connectivity index (χ0n) is 14.3. The highest BCUT2D eigenvalue weighted by molar-refractivity contribution is 5.95. The first-order valence-electron chi connectivity index (χ1n) is 8.39. The molecule has 0 N–H and O–H groups in total. The second-order valence-corrected chi connectivity index (χ2v) is 6.35. The second-order valence-electron chi connectivity index (χ2n) is 6.35. The number of fused-ring (bicyclic) bond motifs is 1. The van der Waals surface area contributed by atoms with Gasteiger partial charge in [-0.25, -0.2) is 4.39 Å². The third kappa shape index (κ3) is 2.72. The van der Waals surface area contributed by atoms with Crippen molar-refractivity contribution in [3.63, 3.8) is 0 Å². The first-order valence-corrected chi connectivity index (χ1v) is 8.39. The zero-order valence-corrected chi connectivity index (χ0v) is 14.3. The van der Waals surface area contributed by atoms with E-state index in [1.165, 1.54) is 22.7 Å². The van der Waals surface area contributed by atoms with Crippen LogP contribution in [-0.2, 0) is 6.54 Å². The normalized spacial score (nSPS) is 11.2. The molecule has 4 aromatic rings. The van der Waals surface area contributed by atoms with E-state index in [9.17, 15) is 4.39 Å². The maximum Gasteiger partial charge on any atom is 0.123 e. The molecule has 0 atom stereocenters. The molecule has 2 aromatic heterocycles. The van der Waals surface area contributed by atoms with Crippen LogP contribution in [0.5, 0.6) is 0 Å². The molecule has 2 aromatic carbocycles. The Labute approximate surface area is 146 Å². The van der Waals surface area contributed by atoms with Gasteiger partial charge in [0, 0.05) is 29.4 Å². The third-order valence-corrected chi connectivity index (χ3v) is 4.82. The lowest BCUT2D eigenvalue weighted by Gasteiger charge is -2.12. The standard InChI is InChI=1S/C22H19FN2/c1-15-16(2)25(14-17-7-6-10-19(23)13-17)22-20(15)11-12-24-21(22)18-8-4-3-5-9-18/h3-13H,14H2,1-2H3. The number of benzene rings is 2. The van der Waals surface area contributed by atoms with Crippen LogP contribution in [0.25, 0.3) is 22.2 Å². The lowest BCUT2D eigenvalue weighted by atomic mass is 10.1.